The standard InChI is InChI=1S/C52H84N12O10/c1-29(2)26-37(42(53)66)59-44(68)35-22-16-18-24-54-43(67)39-28-52(12,64(63-39)34-20-14-13-15-21-34)50(74)55-25-19-17-23-36(57-47(71)40(31(5)6)56-33(9)65)45(69)60-38(27-30(3)4)46(70)62-51(10,11)49(73)61-41(32(7)8)48(72)58-35/h13-15,20-21,29-32,35-38,40-41H,16-19,22-28H2,1-12H3,(H2,53,66)(H,54,67)(H,55,74)(H,56,65)(H,57,71)(H,58,72)(H,59,68)(H,60,69)(H,61,73)(H,62,70)/t35-,36-,37-,38-,40-,41-,52?/m0/s1. The molecule has 0 radical (unpaired) electrons. The number of hydrazone groups is 1. The molecule has 1 saturated heterocycles. The van der Waals surface area contributed by atoms with Crippen molar-refractivity contribution in [1.29, 1.82) is 0 Å². The van der Waals surface area contributed by atoms with Crippen LogP contribution in [0.4, 0.5) is 5.69 Å². The largest absolute Gasteiger partial charge is 0.368 e. The van der Waals surface area contributed by atoms with E-state index in [4.69, 9.17) is 5.73 Å². The number of carbonyl (C=O) groups excluding carboxylic acids is 10. The monoisotopic (exact) mass is 1040 g/mol. The summed E-state index contributed by atoms with van der Waals surface area (Å²) in [7, 11) is 0. The zero-order chi connectivity index (χ0) is 55.7. The molecule has 1 fully saturated rings. The van der Waals surface area contributed by atoms with Crippen LogP contribution in [-0.2, 0) is 47.9 Å². The van der Waals surface area contributed by atoms with E-state index in [0.717, 1.165) is 0 Å². The van der Waals surface area contributed by atoms with Gasteiger partial charge in [0, 0.05) is 26.4 Å². The third-order valence-electron chi connectivity index (χ3n) is 12.9. The maximum Gasteiger partial charge on any atom is 0.267 e. The number of carbonyl (C=O) groups is 10. The fourth-order valence-corrected chi connectivity index (χ4v) is 8.61. The Morgan fingerprint density at radius 1 is 0.757 bits per heavy atom. The van der Waals surface area contributed by atoms with Gasteiger partial charge in [0.15, 0.2) is 0 Å². The van der Waals surface area contributed by atoms with Gasteiger partial charge >= 0.3 is 0 Å². The fourth-order valence-electron chi connectivity index (χ4n) is 8.61. The highest BCUT2D eigenvalue weighted by molar-refractivity contribution is 6.40. The third-order valence-corrected chi connectivity index (χ3v) is 12.9. The van der Waals surface area contributed by atoms with Crippen LogP contribution in [0.5, 0.6) is 0 Å². The van der Waals surface area contributed by atoms with Gasteiger partial charge in [0.2, 0.25) is 53.2 Å². The SMILES string of the molecule is CC(=O)N[C@H](C(=O)N[C@H]1CCCCNC(=O)C2(C)CC(=NN2c2ccccc2)C(=O)NCCCC[C@@H](C(=O)N[C@@H](CC(C)C)C(N)=O)NC(=O)[C@H](C(C)C)NC(=O)C(C)(C)NC(=O)[C@H](CC(C)C)NC1=O)C(C)C. The van der Waals surface area contributed by atoms with Crippen molar-refractivity contribution in [3.8, 4) is 0 Å². The van der Waals surface area contributed by atoms with Crippen LogP contribution in [0.3, 0.4) is 0 Å². The molecular formula is C52H84N12O10. The molecule has 22 nitrogen and oxygen atoms in total. The van der Waals surface area contributed by atoms with E-state index in [1.54, 1.807) is 58.9 Å². The Balaban J connectivity index is 2.07. The Morgan fingerprint density at radius 2 is 1.38 bits per heavy atom. The molecule has 2 aliphatic rings. The lowest BCUT2D eigenvalue weighted by Gasteiger charge is -2.33. The lowest BCUT2D eigenvalue weighted by molar-refractivity contribution is -0.138. The average Bonchev–Trinajstić information content (AvgIpc) is 3.68. The molecule has 11 N–H and O–H groups in total. The van der Waals surface area contributed by atoms with E-state index in [1.165, 1.54) is 25.8 Å². The number of para-hydroxylation sites is 1. The minimum atomic E-state index is -1.67. The number of anilines is 1. The summed E-state index contributed by atoms with van der Waals surface area (Å²) < 4.78 is 0. The average molecular weight is 1040 g/mol. The number of fused-ring (bicyclic) bond motifs is 2. The van der Waals surface area contributed by atoms with Crippen molar-refractivity contribution in [2.75, 3.05) is 18.1 Å². The summed E-state index contributed by atoms with van der Waals surface area (Å²) in [6.45, 7) is 20.4. The van der Waals surface area contributed by atoms with Gasteiger partial charge in [0.05, 0.1) is 5.69 Å². The fraction of sp³-hybridized carbons (Fsp3) is 0.673. The first-order chi connectivity index (χ1) is 34.6. The summed E-state index contributed by atoms with van der Waals surface area (Å²) in [6, 6.07) is 2.05. The first-order valence-corrected chi connectivity index (χ1v) is 26.0. The van der Waals surface area contributed by atoms with E-state index in [2.05, 4.69) is 53.0 Å². The van der Waals surface area contributed by atoms with Crippen molar-refractivity contribution < 1.29 is 47.9 Å². The molecule has 10 amide bonds. The molecule has 2 heterocycles. The lowest BCUT2D eigenvalue weighted by Crippen LogP contribution is -2.64. The molecule has 1 aromatic carbocycles. The highest BCUT2D eigenvalue weighted by Crippen LogP contribution is 2.33. The molecule has 2 bridgehead atoms. The van der Waals surface area contributed by atoms with E-state index in [-0.39, 0.29) is 68.7 Å². The van der Waals surface area contributed by atoms with Gasteiger partial charge in [0.25, 0.3) is 5.91 Å². The number of primary amides is 1. The minimum Gasteiger partial charge on any atom is -0.368 e. The maximum atomic E-state index is 14.3. The summed E-state index contributed by atoms with van der Waals surface area (Å²) in [5.74, 6) is -7.38. The number of amides is 10. The van der Waals surface area contributed by atoms with Gasteiger partial charge < -0.3 is 53.6 Å². The molecule has 3 rings (SSSR count). The van der Waals surface area contributed by atoms with Crippen molar-refractivity contribution in [3.05, 3.63) is 30.3 Å². The summed E-state index contributed by atoms with van der Waals surface area (Å²) >= 11 is 0. The van der Waals surface area contributed by atoms with Gasteiger partial charge in [0.1, 0.15) is 53.0 Å². The Bertz CT molecular complexity index is 2200. The van der Waals surface area contributed by atoms with Gasteiger partial charge in [-0.3, -0.25) is 47.9 Å². The molecule has 74 heavy (non-hydrogen) atoms. The Kier molecular flexibility index (Phi) is 23.5. The predicted molar refractivity (Wildman–Crippen MR) is 280 cm³/mol. The van der Waals surface area contributed by atoms with Crippen LogP contribution in [0.25, 0.3) is 0 Å². The van der Waals surface area contributed by atoms with Crippen LogP contribution >= 0.6 is 0 Å². The smallest absolute Gasteiger partial charge is 0.267 e. The van der Waals surface area contributed by atoms with Crippen LogP contribution in [0.15, 0.2) is 35.4 Å². The molecule has 2 aliphatic heterocycles. The van der Waals surface area contributed by atoms with E-state index in [9.17, 15) is 47.9 Å². The molecule has 0 aliphatic carbocycles. The molecule has 1 aromatic rings. The number of nitrogens with zero attached hydrogens (tertiary/aromatic N) is 2. The maximum absolute atomic E-state index is 14.3. The Hall–Kier alpha value is -6.61. The molecule has 0 spiro atoms. The van der Waals surface area contributed by atoms with Crippen molar-refractivity contribution in [2.45, 2.75) is 188 Å². The van der Waals surface area contributed by atoms with Crippen LogP contribution in [-0.4, -0.2) is 125 Å². The minimum absolute atomic E-state index is 0.0162. The van der Waals surface area contributed by atoms with Gasteiger partial charge in [-0.15, -0.1) is 0 Å². The Morgan fingerprint density at radius 3 is 1.95 bits per heavy atom. The Labute approximate surface area is 436 Å². The summed E-state index contributed by atoms with van der Waals surface area (Å²) in [4.78, 5) is 137. The quantitative estimate of drug-likeness (QED) is 0.134. The van der Waals surface area contributed by atoms with Gasteiger partial charge in [-0.1, -0.05) is 73.6 Å². The van der Waals surface area contributed by atoms with Crippen LogP contribution in [0.2, 0.25) is 0 Å². The second-order valence-corrected chi connectivity index (χ2v) is 21.8. The number of hydrogen-bond donors (Lipinski definition) is 10. The van der Waals surface area contributed by atoms with Gasteiger partial charge in [-0.25, -0.2) is 5.01 Å². The van der Waals surface area contributed by atoms with Gasteiger partial charge in [-0.05, 0) is 108 Å². The topological polar surface area (TPSA) is 321 Å². The van der Waals surface area contributed by atoms with Crippen molar-refractivity contribution >= 4 is 70.5 Å². The predicted octanol–water partition coefficient (Wildman–Crippen LogP) is 1.31. The molecule has 7 atom stereocenters. The molecule has 22 heteroatoms. The second kappa shape index (κ2) is 28.2. The molecule has 1 unspecified atom stereocenters. The molecule has 412 valence electrons. The number of hydrogen-bond acceptors (Lipinski definition) is 12. The lowest BCUT2D eigenvalue weighted by atomic mass is 9.93. The van der Waals surface area contributed by atoms with Crippen molar-refractivity contribution in [3.63, 3.8) is 0 Å². The van der Waals surface area contributed by atoms with E-state index in [0.29, 0.717) is 31.4 Å². The van der Waals surface area contributed by atoms with E-state index >= 15 is 0 Å². The highest BCUT2D eigenvalue weighted by atomic mass is 16.2. The number of benzene rings is 1. The zero-order valence-corrected chi connectivity index (χ0v) is 45.5. The van der Waals surface area contributed by atoms with Crippen LogP contribution in [0, 0.1) is 23.7 Å². The number of rotatable bonds is 13. The second-order valence-electron chi connectivity index (χ2n) is 21.8. The number of nitrogens with two attached hydrogens (primary N) is 1. The molecule has 0 saturated carbocycles. The summed E-state index contributed by atoms with van der Waals surface area (Å²) in [5.41, 5.74) is 3.32. The van der Waals surface area contributed by atoms with Crippen molar-refractivity contribution in [2.24, 2.45) is 34.5 Å². The zero-order valence-electron chi connectivity index (χ0n) is 45.5. The van der Waals surface area contributed by atoms with Crippen molar-refractivity contribution in [1.82, 2.24) is 47.9 Å². The molecule has 0 aromatic heterocycles. The summed E-state index contributed by atoms with van der Waals surface area (Å²) in [5, 5.41) is 31.0. The highest BCUT2D eigenvalue weighted by Gasteiger charge is 2.47. The van der Waals surface area contributed by atoms with E-state index < -0.39 is 112 Å². The van der Waals surface area contributed by atoms with Crippen LogP contribution < -0.4 is 58.6 Å². The van der Waals surface area contributed by atoms with Crippen LogP contribution in [0.1, 0.15) is 141 Å². The summed E-state index contributed by atoms with van der Waals surface area (Å²) in [6.07, 6.45) is 1.75. The first-order valence-electron chi connectivity index (χ1n) is 26.0. The molecular weight excluding hydrogens is 953 g/mol. The number of nitrogens with one attached hydrogen (secondary N) is 9. The third kappa shape index (κ3) is 18.4. The van der Waals surface area contributed by atoms with E-state index in [1.807, 2.05) is 33.8 Å². The normalized spacial score (nSPS) is 24.2. The van der Waals surface area contributed by atoms with Gasteiger partial charge in [-0.2, -0.15) is 5.10 Å². The first kappa shape index (κ1) is 61.7.